The maximum Gasteiger partial charge on any atom is 0.438 e. The highest BCUT2D eigenvalue weighted by Gasteiger charge is 2.28. The fourth-order valence-corrected chi connectivity index (χ4v) is 5.03. The molecule has 2 aromatic heterocycles. The molecule has 8 nitrogen and oxygen atoms in total. The Labute approximate surface area is 160 Å². The first-order valence-electron chi connectivity index (χ1n) is 8.43. The zero-order valence-corrected chi connectivity index (χ0v) is 16.0. The first kappa shape index (κ1) is 18.1. The molecule has 1 fully saturated rings. The van der Waals surface area contributed by atoms with Gasteiger partial charge in [0.2, 0.25) is 10.0 Å². The van der Waals surface area contributed by atoms with Gasteiger partial charge in [0.05, 0.1) is 9.77 Å². The molecule has 0 unspecified atom stereocenters. The monoisotopic (exact) mass is 406 g/mol. The second kappa shape index (κ2) is 7.39. The second-order valence-corrected chi connectivity index (χ2v) is 9.01. The smallest absolute Gasteiger partial charge is 0.387 e. The minimum absolute atomic E-state index is 0.271. The first-order chi connectivity index (χ1) is 13.0. The molecule has 0 spiro atoms. The van der Waals surface area contributed by atoms with Gasteiger partial charge >= 0.3 is 5.76 Å². The second-order valence-electron chi connectivity index (χ2n) is 6.13. The number of rotatable bonds is 5. The molecular formula is C17H18N4O4S2. The number of hydrogen-bond acceptors (Lipinski definition) is 7. The van der Waals surface area contributed by atoms with Crippen LogP contribution in [0.5, 0.6) is 0 Å². The molecule has 10 heteroatoms. The molecule has 1 aliphatic rings. The summed E-state index contributed by atoms with van der Waals surface area (Å²) in [5.41, 5.74) is 0. The first-order valence-corrected chi connectivity index (χ1v) is 10.8. The number of hydrogen-bond donors (Lipinski definition) is 0. The van der Waals surface area contributed by atoms with Crippen molar-refractivity contribution in [1.29, 1.82) is 0 Å². The van der Waals surface area contributed by atoms with Crippen LogP contribution in [0.3, 0.4) is 0 Å². The molecule has 4 rings (SSSR count). The van der Waals surface area contributed by atoms with Crippen molar-refractivity contribution < 1.29 is 12.8 Å². The van der Waals surface area contributed by atoms with Crippen molar-refractivity contribution in [2.24, 2.45) is 0 Å². The average Bonchev–Trinajstić information content (AvgIpc) is 3.33. The summed E-state index contributed by atoms with van der Waals surface area (Å²) in [5, 5.41) is 6.13. The van der Waals surface area contributed by atoms with Crippen molar-refractivity contribution in [3.05, 3.63) is 58.4 Å². The number of thiophene rings is 1. The molecule has 3 heterocycles. The Morgan fingerprint density at radius 1 is 1.04 bits per heavy atom. The van der Waals surface area contributed by atoms with E-state index in [0.29, 0.717) is 37.0 Å². The van der Waals surface area contributed by atoms with E-state index in [0.717, 1.165) is 4.88 Å². The summed E-state index contributed by atoms with van der Waals surface area (Å²) in [4.78, 5) is 15.1. The van der Waals surface area contributed by atoms with Gasteiger partial charge in [-0.05, 0) is 23.6 Å². The summed E-state index contributed by atoms with van der Waals surface area (Å²) < 4.78 is 33.3. The molecular weight excluding hydrogens is 388 g/mol. The van der Waals surface area contributed by atoms with E-state index in [1.165, 1.54) is 20.3 Å². The Morgan fingerprint density at radius 2 is 1.78 bits per heavy atom. The maximum atomic E-state index is 12.7. The Kier molecular flexibility index (Phi) is 4.96. The summed E-state index contributed by atoms with van der Waals surface area (Å²) >= 11 is 1.45. The van der Waals surface area contributed by atoms with E-state index in [-0.39, 0.29) is 6.67 Å². The lowest BCUT2D eigenvalue weighted by Crippen LogP contribution is -2.49. The zero-order chi connectivity index (χ0) is 18.9. The number of aromatic nitrogens is 2. The van der Waals surface area contributed by atoms with Gasteiger partial charge in [-0.3, -0.25) is 4.90 Å². The van der Waals surface area contributed by atoms with Gasteiger partial charge in [0.1, 0.15) is 6.67 Å². The summed E-state index contributed by atoms with van der Waals surface area (Å²) in [7, 11) is -3.49. The van der Waals surface area contributed by atoms with Gasteiger partial charge in [-0.15, -0.1) is 16.4 Å². The molecule has 0 N–H and O–H groups in total. The van der Waals surface area contributed by atoms with Crippen LogP contribution in [-0.4, -0.2) is 53.6 Å². The van der Waals surface area contributed by atoms with Gasteiger partial charge in [-0.25, -0.2) is 13.2 Å². The third-order valence-electron chi connectivity index (χ3n) is 4.38. The van der Waals surface area contributed by atoms with E-state index in [9.17, 15) is 13.2 Å². The van der Waals surface area contributed by atoms with Crippen molar-refractivity contribution in [2.45, 2.75) is 11.6 Å². The van der Waals surface area contributed by atoms with Gasteiger partial charge in [-0.1, -0.05) is 24.3 Å². The molecule has 0 atom stereocenters. The van der Waals surface area contributed by atoms with Crippen LogP contribution in [0.2, 0.25) is 0 Å². The van der Waals surface area contributed by atoms with Gasteiger partial charge in [0.15, 0.2) is 0 Å². The molecule has 27 heavy (non-hydrogen) atoms. The van der Waals surface area contributed by atoms with Crippen molar-refractivity contribution in [3.63, 3.8) is 0 Å². The summed E-state index contributed by atoms with van der Waals surface area (Å²) in [6.07, 6.45) is 0. The average molecular weight is 406 g/mol. The molecule has 1 aliphatic heterocycles. The zero-order valence-electron chi connectivity index (χ0n) is 14.4. The topological polar surface area (TPSA) is 88.7 Å². The summed E-state index contributed by atoms with van der Waals surface area (Å²) in [6, 6.07) is 12.1. The van der Waals surface area contributed by atoms with Gasteiger partial charge in [-0.2, -0.15) is 8.99 Å². The lowest BCUT2D eigenvalue weighted by molar-refractivity contribution is 0.142. The minimum Gasteiger partial charge on any atom is -0.387 e. The van der Waals surface area contributed by atoms with E-state index < -0.39 is 15.8 Å². The van der Waals surface area contributed by atoms with Crippen LogP contribution in [0.15, 0.2) is 62.0 Å². The minimum atomic E-state index is -3.49. The fraction of sp³-hybridized carbons (Fsp3) is 0.294. The van der Waals surface area contributed by atoms with Crippen molar-refractivity contribution >= 4 is 21.4 Å². The summed E-state index contributed by atoms with van der Waals surface area (Å²) in [6.45, 7) is 2.02. The van der Waals surface area contributed by atoms with E-state index >= 15 is 0 Å². The third kappa shape index (κ3) is 3.74. The van der Waals surface area contributed by atoms with Gasteiger partial charge in [0, 0.05) is 26.2 Å². The van der Waals surface area contributed by atoms with E-state index in [1.54, 1.807) is 30.3 Å². The number of sulfonamides is 1. The Morgan fingerprint density at radius 3 is 2.44 bits per heavy atom. The van der Waals surface area contributed by atoms with Gasteiger partial charge < -0.3 is 4.42 Å². The van der Waals surface area contributed by atoms with Crippen LogP contribution < -0.4 is 5.76 Å². The molecule has 1 saturated heterocycles. The largest absolute Gasteiger partial charge is 0.438 e. The highest BCUT2D eigenvalue weighted by atomic mass is 32.2. The van der Waals surface area contributed by atoms with Crippen molar-refractivity contribution in [2.75, 3.05) is 26.2 Å². The molecule has 0 aliphatic carbocycles. The Bertz CT molecular complexity index is 1050. The Hall–Kier alpha value is -2.27. The fourth-order valence-electron chi connectivity index (χ4n) is 2.94. The van der Waals surface area contributed by atoms with E-state index in [4.69, 9.17) is 4.42 Å². The quantitative estimate of drug-likeness (QED) is 0.638. The normalized spacial score (nSPS) is 16.6. The lowest BCUT2D eigenvalue weighted by atomic mass is 10.4. The standard InChI is InChI=1S/C17H18N4O4S2/c22-17-21(18-16(25-17)15-7-4-12-26-15)13-19-8-10-20(11-9-19)27(23,24)14-5-2-1-3-6-14/h1-7,12H,8-11,13H2. The van der Waals surface area contributed by atoms with Crippen molar-refractivity contribution in [3.8, 4) is 10.8 Å². The lowest BCUT2D eigenvalue weighted by Gasteiger charge is -2.33. The van der Waals surface area contributed by atoms with Crippen LogP contribution in [0.1, 0.15) is 0 Å². The molecule has 1 aromatic carbocycles. The third-order valence-corrected chi connectivity index (χ3v) is 7.16. The predicted octanol–water partition coefficient (Wildman–Crippen LogP) is 1.53. The number of benzene rings is 1. The molecule has 0 bridgehead atoms. The predicted molar refractivity (Wildman–Crippen MR) is 101 cm³/mol. The molecule has 0 saturated carbocycles. The number of nitrogens with zero attached hydrogens (tertiary/aromatic N) is 4. The molecule has 0 amide bonds. The van der Waals surface area contributed by atoms with Crippen LogP contribution in [0, 0.1) is 0 Å². The molecule has 142 valence electrons. The molecule has 3 aromatic rings. The van der Waals surface area contributed by atoms with Gasteiger partial charge in [0.25, 0.3) is 5.89 Å². The van der Waals surface area contributed by atoms with E-state index in [1.807, 2.05) is 22.4 Å². The highest BCUT2D eigenvalue weighted by Crippen LogP contribution is 2.21. The van der Waals surface area contributed by atoms with Crippen LogP contribution in [0.25, 0.3) is 10.8 Å². The van der Waals surface area contributed by atoms with E-state index in [2.05, 4.69) is 5.10 Å². The van der Waals surface area contributed by atoms with Crippen LogP contribution in [-0.2, 0) is 16.7 Å². The summed E-state index contributed by atoms with van der Waals surface area (Å²) in [5.74, 6) is -0.210. The SMILES string of the molecule is O=c1oc(-c2cccs2)nn1CN1CCN(S(=O)(=O)c2ccccc2)CC1. The van der Waals surface area contributed by atoms with Crippen molar-refractivity contribution in [1.82, 2.24) is 19.0 Å². The maximum absolute atomic E-state index is 12.7. The number of piperazine rings is 1. The van der Waals surface area contributed by atoms with Crippen LogP contribution in [0.4, 0.5) is 0 Å². The van der Waals surface area contributed by atoms with Crippen LogP contribution >= 0.6 is 11.3 Å². The Balaban J connectivity index is 1.41. The molecule has 0 radical (unpaired) electrons. The highest BCUT2D eigenvalue weighted by molar-refractivity contribution is 7.89.